The van der Waals surface area contributed by atoms with E-state index in [0.717, 1.165) is 10.9 Å². The molecule has 0 atom stereocenters. The average molecular weight is 215 g/mol. The molecule has 2 aromatic heterocycles. The van der Waals surface area contributed by atoms with Crippen LogP contribution in [0.25, 0.3) is 21.0 Å². The van der Waals surface area contributed by atoms with Gasteiger partial charge in [-0.25, -0.2) is 0 Å². The normalized spacial score (nSPS) is 11.3. The van der Waals surface area contributed by atoms with E-state index in [0.29, 0.717) is 5.75 Å². The Bertz CT molecular complexity index is 657. The fourth-order valence-electron chi connectivity index (χ4n) is 1.80. The number of aryl methyl sites for hydroxylation is 1. The molecule has 0 aliphatic heterocycles. The van der Waals surface area contributed by atoms with E-state index < -0.39 is 0 Å². The van der Waals surface area contributed by atoms with Gasteiger partial charge in [0, 0.05) is 21.2 Å². The van der Waals surface area contributed by atoms with Crippen molar-refractivity contribution in [2.75, 3.05) is 0 Å². The molecule has 3 rings (SSSR count). The van der Waals surface area contributed by atoms with Gasteiger partial charge in [0.15, 0.2) is 0 Å². The maximum Gasteiger partial charge on any atom is 0.126 e. The van der Waals surface area contributed by atoms with Crippen molar-refractivity contribution >= 4 is 32.3 Å². The molecule has 0 fully saturated rings. The number of benzene rings is 1. The lowest BCUT2D eigenvalue weighted by Crippen LogP contribution is -1.77. The zero-order valence-corrected chi connectivity index (χ0v) is 9.01. The van der Waals surface area contributed by atoms with Crippen LogP contribution in [0.4, 0.5) is 0 Å². The largest absolute Gasteiger partial charge is 0.507 e. The van der Waals surface area contributed by atoms with Crippen molar-refractivity contribution in [1.29, 1.82) is 0 Å². The third-order valence-corrected chi connectivity index (χ3v) is 3.49. The Morgan fingerprint density at radius 1 is 1.27 bits per heavy atom. The molecule has 0 saturated carbocycles. The summed E-state index contributed by atoms with van der Waals surface area (Å²) in [5.41, 5.74) is 0.848. The molecule has 0 aliphatic carbocycles. The molecule has 0 spiro atoms. The van der Waals surface area contributed by atoms with Crippen LogP contribution in [0.5, 0.6) is 5.75 Å². The van der Waals surface area contributed by atoms with Crippen molar-refractivity contribution in [2.24, 2.45) is 0 Å². The number of pyridine rings is 1. The summed E-state index contributed by atoms with van der Waals surface area (Å²) in [6, 6.07) is 7.79. The predicted molar refractivity (Wildman–Crippen MR) is 63.5 cm³/mol. The van der Waals surface area contributed by atoms with E-state index in [1.807, 2.05) is 12.1 Å². The summed E-state index contributed by atoms with van der Waals surface area (Å²) in [5, 5.41) is 11.7. The van der Waals surface area contributed by atoms with Gasteiger partial charge in [0.1, 0.15) is 5.75 Å². The molecule has 2 nitrogen and oxygen atoms in total. The molecule has 74 valence electrons. The highest BCUT2D eigenvalue weighted by Crippen LogP contribution is 2.32. The van der Waals surface area contributed by atoms with Crippen molar-refractivity contribution in [1.82, 2.24) is 4.98 Å². The summed E-state index contributed by atoms with van der Waals surface area (Å²) in [6.07, 6.45) is 1.63. The lowest BCUT2D eigenvalue weighted by atomic mass is 10.1. The van der Waals surface area contributed by atoms with Crippen LogP contribution in [-0.2, 0) is 0 Å². The molecule has 0 saturated heterocycles. The summed E-state index contributed by atoms with van der Waals surface area (Å²) >= 11 is 1.74. The van der Waals surface area contributed by atoms with Gasteiger partial charge in [-0.1, -0.05) is 0 Å². The van der Waals surface area contributed by atoms with E-state index in [4.69, 9.17) is 0 Å². The topological polar surface area (TPSA) is 33.1 Å². The summed E-state index contributed by atoms with van der Waals surface area (Å²) < 4.78 is 1.20. The second kappa shape index (κ2) is 2.94. The Morgan fingerprint density at radius 2 is 2.13 bits per heavy atom. The van der Waals surface area contributed by atoms with E-state index in [2.05, 4.69) is 18.0 Å². The summed E-state index contributed by atoms with van der Waals surface area (Å²) in [5.74, 6) is 0.299. The molecule has 2 heterocycles. The van der Waals surface area contributed by atoms with Crippen LogP contribution in [0.1, 0.15) is 4.88 Å². The van der Waals surface area contributed by atoms with Gasteiger partial charge >= 0.3 is 0 Å². The Kier molecular flexibility index (Phi) is 1.70. The molecule has 0 bridgehead atoms. The quantitative estimate of drug-likeness (QED) is 0.623. The highest BCUT2D eigenvalue weighted by Gasteiger charge is 2.04. The number of aromatic nitrogens is 1. The number of thiophene rings is 1. The molecule has 0 radical (unpaired) electrons. The highest BCUT2D eigenvalue weighted by atomic mass is 32.1. The van der Waals surface area contributed by atoms with Crippen LogP contribution < -0.4 is 0 Å². The summed E-state index contributed by atoms with van der Waals surface area (Å²) in [6.45, 7) is 2.09. The minimum Gasteiger partial charge on any atom is -0.507 e. The molecule has 0 amide bonds. The van der Waals surface area contributed by atoms with Gasteiger partial charge in [-0.2, -0.15) is 0 Å². The van der Waals surface area contributed by atoms with Crippen molar-refractivity contribution in [3.8, 4) is 5.75 Å². The minimum atomic E-state index is 0.299. The van der Waals surface area contributed by atoms with Crippen LogP contribution in [-0.4, -0.2) is 10.1 Å². The van der Waals surface area contributed by atoms with Crippen molar-refractivity contribution in [3.05, 3.63) is 35.3 Å². The summed E-state index contributed by atoms with van der Waals surface area (Å²) in [7, 11) is 0. The number of aromatic hydroxyl groups is 1. The molecular formula is C12H9NOS. The SMILES string of the molecule is Cc1cc2cc3nccc(O)c3cc2s1. The average Bonchev–Trinajstić information content (AvgIpc) is 2.55. The first-order chi connectivity index (χ1) is 7.24. The first kappa shape index (κ1) is 8.68. The second-order valence-corrected chi connectivity index (χ2v) is 4.88. The standard InChI is InChI=1S/C12H9NOS/c1-7-4-8-5-10-9(6-12(8)15-7)11(14)2-3-13-10/h2-6H,1H3,(H,13,14). The maximum absolute atomic E-state index is 9.70. The number of nitrogens with zero attached hydrogens (tertiary/aromatic N) is 1. The van der Waals surface area contributed by atoms with Crippen LogP contribution in [0.3, 0.4) is 0 Å². The van der Waals surface area contributed by atoms with E-state index in [-0.39, 0.29) is 0 Å². The number of hydrogen-bond donors (Lipinski definition) is 1. The molecule has 1 aromatic carbocycles. The molecular weight excluding hydrogens is 206 g/mol. The third-order valence-electron chi connectivity index (χ3n) is 2.48. The molecule has 3 aromatic rings. The number of fused-ring (bicyclic) bond motifs is 2. The first-order valence-corrected chi connectivity index (χ1v) is 5.53. The zero-order chi connectivity index (χ0) is 10.4. The molecule has 1 N–H and O–H groups in total. The van der Waals surface area contributed by atoms with Crippen molar-refractivity contribution in [2.45, 2.75) is 6.92 Å². The molecule has 0 aliphatic rings. The number of rotatable bonds is 0. The van der Waals surface area contributed by atoms with E-state index >= 15 is 0 Å². The van der Waals surface area contributed by atoms with Gasteiger partial charge in [-0.3, -0.25) is 4.98 Å². The van der Waals surface area contributed by atoms with Gasteiger partial charge in [0.2, 0.25) is 0 Å². The predicted octanol–water partition coefficient (Wildman–Crippen LogP) is 3.46. The Morgan fingerprint density at radius 3 is 3.00 bits per heavy atom. The Hall–Kier alpha value is -1.61. The van der Waals surface area contributed by atoms with Gasteiger partial charge in [-0.05, 0) is 36.6 Å². The highest BCUT2D eigenvalue weighted by molar-refractivity contribution is 7.19. The Labute approximate surface area is 90.8 Å². The van der Waals surface area contributed by atoms with Gasteiger partial charge in [-0.15, -0.1) is 11.3 Å². The van der Waals surface area contributed by atoms with Gasteiger partial charge in [0.05, 0.1) is 5.52 Å². The van der Waals surface area contributed by atoms with Gasteiger partial charge < -0.3 is 5.11 Å². The minimum absolute atomic E-state index is 0.299. The van der Waals surface area contributed by atoms with Crippen LogP contribution in [0.2, 0.25) is 0 Å². The van der Waals surface area contributed by atoms with E-state index in [1.165, 1.54) is 15.0 Å². The van der Waals surface area contributed by atoms with Crippen molar-refractivity contribution < 1.29 is 5.11 Å². The number of hydrogen-bond acceptors (Lipinski definition) is 3. The van der Waals surface area contributed by atoms with E-state index in [9.17, 15) is 5.11 Å². The second-order valence-electron chi connectivity index (χ2n) is 3.59. The monoisotopic (exact) mass is 215 g/mol. The first-order valence-electron chi connectivity index (χ1n) is 4.72. The van der Waals surface area contributed by atoms with Crippen LogP contribution >= 0.6 is 11.3 Å². The van der Waals surface area contributed by atoms with Crippen LogP contribution in [0.15, 0.2) is 30.5 Å². The fourth-order valence-corrected chi connectivity index (χ4v) is 2.74. The van der Waals surface area contributed by atoms with Crippen molar-refractivity contribution in [3.63, 3.8) is 0 Å². The molecule has 15 heavy (non-hydrogen) atoms. The Balaban J connectivity index is 2.52. The van der Waals surface area contributed by atoms with Gasteiger partial charge in [0.25, 0.3) is 0 Å². The molecule has 0 unspecified atom stereocenters. The smallest absolute Gasteiger partial charge is 0.126 e. The fraction of sp³-hybridized carbons (Fsp3) is 0.0833. The molecule has 3 heteroatoms. The lowest BCUT2D eigenvalue weighted by molar-refractivity contribution is 0.481. The van der Waals surface area contributed by atoms with E-state index in [1.54, 1.807) is 23.6 Å². The maximum atomic E-state index is 9.70. The third kappa shape index (κ3) is 1.27. The van der Waals surface area contributed by atoms with Crippen LogP contribution in [0, 0.1) is 6.92 Å². The summed E-state index contributed by atoms with van der Waals surface area (Å²) in [4.78, 5) is 5.52. The lowest BCUT2D eigenvalue weighted by Gasteiger charge is -1.99. The zero-order valence-electron chi connectivity index (χ0n) is 8.19.